The molecule has 2 aromatic rings. The highest BCUT2D eigenvalue weighted by Gasteiger charge is 2.29. The quantitative estimate of drug-likeness (QED) is 0.828. The lowest BCUT2D eigenvalue weighted by atomic mass is 9.87. The molecular weight excluding hydrogens is 328 g/mol. The molecule has 0 spiro atoms. The topological polar surface area (TPSA) is 70.4 Å². The van der Waals surface area contributed by atoms with Gasteiger partial charge in [0.05, 0.1) is 24.9 Å². The van der Waals surface area contributed by atoms with Gasteiger partial charge in [0.25, 0.3) is 0 Å². The van der Waals surface area contributed by atoms with E-state index in [9.17, 15) is 9.90 Å². The van der Waals surface area contributed by atoms with Gasteiger partial charge in [0, 0.05) is 12.6 Å². The van der Waals surface area contributed by atoms with Crippen molar-refractivity contribution in [2.24, 2.45) is 0 Å². The van der Waals surface area contributed by atoms with Crippen LogP contribution in [0.4, 0.5) is 10.6 Å². The second-order valence-corrected chi connectivity index (χ2v) is 6.87. The van der Waals surface area contributed by atoms with E-state index >= 15 is 0 Å². The first kappa shape index (κ1) is 18.5. The Balaban J connectivity index is 1.83. The van der Waals surface area contributed by atoms with Gasteiger partial charge in [-0.3, -0.25) is 5.32 Å². The number of nitrogens with one attached hydrogen (secondary N) is 1. The summed E-state index contributed by atoms with van der Waals surface area (Å²) in [5.74, 6) is 0.691. The van der Waals surface area contributed by atoms with Gasteiger partial charge in [0.2, 0.25) is 0 Å². The molecule has 6 heteroatoms. The van der Waals surface area contributed by atoms with Gasteiger partial charge >= 0.3 is 6.03 Å². The van der Waals surface area contributed by atoms with E-state index in [1.807, 2.05) is 22.9 Å². The number of anilines is 1. The number of nitrogens with zero attached hydrogens (tertiary/aromatic N) is 3. The Hall–Kier alpha value is -2.34. The number of carbonyl (C=O) groups excluding carboxylic acids is 1. The molecule has 1 aliphatic carbocycles. The van der Waals surface area contributed by atoms with Crippen molar-refractivity contribution in [3.05, 3.63) is 47.7 Å². The highest BCUT2D eigenvalue weighted by atomic mass is 16.3. The smallest absolute Gasteiger partial charge is 0.323 e. The van der Waals surface area contributed by atoms with Crippen LogP contribution in [0.5, 0.6) is 0 Å². The first-order chi connectivity index (χ1) is 12.7. The van der Waals surface area contributed by atoms with Crippen LogP contribution in [0, 0.1) is 0 Å². The van der Waals surface area contributed by atoms with Crippen molar-refractivity contribution in [3.63, 3.8) is 0 Å². The number of aromatic nitrogens is 2. The van der Waals surface area contributed by atoms with E-state index < -0.39 is 0 Å². The summed E-state index contributed by atoms with van der Waals surface area (Å²) in [5, 5.41) is 16.9. The van der Waals surface area contributed by atoms with Crippen molar-refractivity contribution in [1.82, 2.24) is 14.7 Å². The number of urea groups is 1. The lowest BCUT2D eigenvalue weighted by molar-refractivity contribution is 0.154. The molecule has 6 nitrogen and oxygen atoms in total. The molecule has 0 fully saturated rings. The first-order valence-electron chi connectivity index (χ1n) is 9.45. The second-order valence-electron chi connectivity index (χ2n) is 6.87. The maximum Gasteiger partial charge on any atom is 0.323 e. The minimum absolute atomic E-state index is 0.00734. The molecule has 0 radical (unpaired) electrons. The van der Waals surface area contributed by atoms with Gasteiger partial charge in [-0.15, -0.1) is 0 Å². The molecule has 0 saturated heterocycles. The lowest BCUT2D eigenvalue weighted by Gasteiger charge is -2.35. The van der Waals surface area contributed by atoms with Crippen molar-refractivity contribution in [1.29, 1.82) is 0 Å². The van der Waals surface area contributed by atoms with Crippen LogP contribution >= 0.6 is 0 Å². The van der Waals surface area contributed by atoms with Crippen LogP contribution in [-0.4, -0.2) is 39.0 Å². The lowest BCUT2D eigenvalue weighted by Crippen LogP contribution is -2.41. The van der Waals surface area contributed by atoms with Crippen molar-refractivity contribution in [2.45, 2.75) is 51.6 Å². The molecule has 1 aromatic carbocycles. The number of hydrogen-bond acceptors (Lipinski definition) is 3. The molecule has 0 saturated carbocycles. The van der Waals surface area contributed by atoms with Crippen LogP contribution in [-0.2, 0) is 6.42 Å². The predicted molar refractivity (Wildman–Crippen MR) is 102 cm³/mol. The third-order valence-electron chi connectivity index (χ3n) is 5.23. The Labute approximate surface area is 154 Å². The minimum atomic E-state index is -0.189. The third kappa shape index (κ3) is 3.75. The van der Waals surface area contributed by atoms with Crippen LogP contribution in [0.2, 0.25) is 0 Å². The SMILES string of the molecule is CCC(C)n1nccc1NC(=O)N(CCO)C1CCCc2ccccc21. The van der Waals surface area contributed by atoms with Gasteiger partial charge in [0.15, 0.2) is 0 Å². The van der Waals surface area contributed by atoms with E-state index in [4.69, 9.17) is 0 Å². The Bertz CT molecular complexity index is 743. The highest BCUT2D eigenvalue weighted by molar-refractivity contribution is 5.88. The number of carbonyl (C=O) groups is 1. The maximum atomic E-state index is 13.0. The van der Waals surface area contributed by atoms with Gasteiger partial charge in [-0.1, -0.05) is 31.2 Å². The minimum Gasteiger partial charge on any atom is -0.395 e. The molecule has 140 valence electrons. The summed E-state index contributed by atoms with van der Waals surface area (Å²) in [6, 6.07) is 10.1. The van der Waals surface area contributed by atoms with Gasteiger partial charge in [-0.25, -0.2) is 9.48 Å². The summed E-state index contributed by atoms with van der Waals surface area (Å²) >= 11 is 0. The number of fused-ring (bicyclic) bond motifs is 1. The van der Waals surface area contributed by atoms with E-state index in [0.717, 1.165) is 25.7 Å². The number of rotatable bonds is 6. The van der Waals surface area contributed by atoms with Crippen molar-refractivity contribution < 1.29 is 9.90 Å². The number of hydrogen-bond donors (Lipinski definition) is 2. The van der Waals surface area contributed by atoms with E-state index in [-0.39, 0.29) is 24.7 Å². The fourth-order valence-electron chi connectivity index (χ4n) is 3.68. The van der Waals surface area contributed by atoms with Crippen LogP contribution in [0.25, 0.3) is 0 Å². The summed E-state index contributed by atoms with van der Waals surface area (Å²) < 4.78 is 1.84. The number of benzene rings is 1. The Morgan fingerprint density at radius 1 is 1.42 bits per heavy atom. The van der Waals surface area contributed by atoms with Gasteiger partial charge in [-0.05, 0) is 43.7 Å². The number of amides is 2. The Morgan fingerprint density at radius 2 is 2.23 bits per heavy atom. The zero-order valence-electron chi connectivity index (χ0n) is 15.6. The standard InChI is InChI=1S/C20H28N4O2/c1-3-15(2)24-19(11-12-21-24)22-20(26)23(13-14-25)18-10-6-8-16-7-4-5-9-17(16)18/h4-5,7,9,11-12,15,18,25H,3,6,8,10,13-14H2,1-2H3,(H,22,26). The number of aliphatic hydroxyl groups is 1. The average Bonchev–Trinajstić information content (AvgIpc) is 3.13. The predicted octanol–water partition coefficient (Wildman–Crippen LogP) is 3.76. The first-order valence-corrected chi connectivity index (χ1v) is 9.45. The molecule has 3 rings (SSSR count). The molecule has 2 atom stereocenters. The summed E-state index contributed by atoms with van der Waals surface area (Å²) in [4.78, 5) is 14.8. The molecule has 2 amide bonds. The van der Waals surface area contributed by atoms with E-state index in [2.05, 4.69) is 36.4 Å². The maximum absolute atomic E-state index is 13.0. The van der Waals surface area contributed by atoms with Crippen LogP contribution < -0.4 is 5.32 Å². The molecule has 1 aromatic heterocycles. The van der Waals surface area contributed by atoms with E-state index in [1.54, 1.807) is 11.1 Å². The molecule has 0 aliphatic heterocycles. The zero-order chi connectivity index (χ0) is 18.5. The van der Waals surface area contributed by atoms with Gasteiger partial charge in [0.1, 0.15) is 5.82 Å². The largest absolute Gasteiger partial charge is 0.395 e. The Kier molecular flexibility index (Phi) is 5.93. The second kappa shape index (κ2) is 8.36. The molecule has 1 aliphatic rings. The molecule has 1 heterocycles. The normalized spacial score (nSPS) is 17.4. The molecular formula is C20H28N4O2. The number of aryl methyl sites for hydroxylation is 1. The fraction of sp³-hybridized carbons (Fsp3) is 0.500. The summed E-state index contributed by atoms with van der Waals surface area (Å²) in [7, 11) is 0. The van der Waals surface area contributed by atoms with Crippen LogP contribution in [0.1, 0.15) is 56.3 Å². The van der Waals surface area contributed by atoms with Crippen LogP contribution in [0.3, 0.4) is 0 Å². The van der Waals surface area contributed by atoms with Crippen LogP contribution in [0.15, 0.2) is 36.5 Å². The average molecular weight is 356 g/mol. The summed E-state index contributed by atoms with van der Waals surface area (Å²) in [6.45, 7) is 4.42. The zero-order valence-corrected chi connectivity index (χ0v) is 15.6. The molecule has 0 bridgehead atoms. The molecule has 26 heavy (non-hydrogen) atoms. The molecule has 2 N–H and O–H groups in total. The fourth-order valence-corrected chi connectivity index (χ4v) is 3.68. The van der Waals surface area contributed by atoms with Gasteiger partial charge < -0.3 is 10.0 Å². The summed E-state index contributed by atoms with van der Waals surface area (Å²) in [5.41, 5.74) is 2.49. The van der Waals surface area contributed by atoms with Crippen molar-refractivity contribution >= 4 is 11.8 Å². The van der Waals surface area contributed by atoms with E-state index in [1.165, 1.54) is 11.1 Å². The monoisotopic (exact) mass is 356 g/mol. The van der Waals surface area contributed by atoms with Gasteiger partial charge in [-0.2, -0.15) is 5.10 Å². The Morgan fingerprint density at radius 3 is 3.00 bits per heavy atom. The summed E-state index contributed by atoms with van der Waals surface area (Å²) in [6.07, 6.45) is 5.63. The van der Waals surface area contributed by atoms with Crippen molar-refractivity contribution in [2.75, 3.05) is 18.5 Å². The highest BCUT2D eigenvalue weighted by Crippen LogP contribution is 2.34. The molecule has 2 unspecified atom stereocenters. The van der Waals surface area contributed by atoms with Crippen molar-refractivity contribution in [3.8, 4) is 0 Å². The third-order valence-corrected chi connectivity index (χ3v) is 5.23. The van der Waals surface area contributed by atoms with E-state index in [0.29, 0.717) is 12.4 Å². The number of aliphatic hydroxyl groups excluding tert-OH is 1.